The summed E-state index contributed by atoms with van der Waals surface area (Å²) in [6, 6.07) is 20.2. The van der Waals surface area contributed by atoms with Crippen LogP contribution >= 0.6 is 0 Å². The van der Waals surface area contributed by atoms with Crippen molar-refractivity contribution in [1.29, 1.82) is 0 Å². The fourth-order valence-corrected chi connectivity index (χ4v) is 8.14. The molecule has 1 atom stereocenters. The normalized spacial score (nSPS) is 17.5. The molecule has 6 aromatic rings. The van der Waals surface area contributed by atoms with E-state index in [2.05, 4.69) is 67.0 Å². The molecule has 12 nitrogen and oxygen atoms in total. The minimum absolute atomic E-state index is 0.202. The number of amides is 2. The van der Waals surface area contributed by atoms with Crippen molar-refractivity contribution in [1.82, 2.24) is 35.1 Å². The van der Waals surface area contributed by atoms with Crippen molar-refractivity contribution in [3.05, 3.63) is 121 Å². The van der Waals surface area contributed by atoms with Crippen LogP contribution in [0.2, 0.25) is 0 Å². The number of rotatable bonds is 13. The number of allylic oxidation sites excluding steroid dienone is 1. The fraction of sp³-hybridized carbons (Fsp3) is 0.311. The van der Waals surface area contributed by atoms with Gasteiger partial charge in [0.15, 0.2) is 13.2 Å². The molecule has 0 spiro atoms. The Morgan fingerprint density at radius 2 is 1.64 bits per heavy atom. The number of H-pyrrole nitrogens is 1. The van der Waals surface area contributed by atoms with Crippen LogP contribution in [0.5, 0.6) is 11.5 Å². The molecule has 7 heterocycles. The monoisotopic (exact) mass is 798 g/mol. The molecule has 2 aromatic carbocycles. The van der Waals surface area contributed by atoms with Crippen molar-refractivity contribution < 1.29 is 27.8 Å². The molecule has 3 aliphatic rings. The van der Waals surface area contributed by atoms with E-state index in [1.165, 1.54) is 17.2 Å². The minimum atomic E-state index is -3.29. The molecule has 1 unspecified atom stereocenters. The number of hydrogen-bond donors (Lipinski definition) is 2. The second-order valence-corrected chi connectivity index (χ2v) is 15.5. The first kappa shape index (κ1) is 38.1. The average molecular weight is 799 g/mol. The topological polar surface area (TPSA) is 129 Å². The minimum Gasteiger partial charge on any atom is -0.487 e. The molecule has 9 rings (SSSR count). The van der Waals surface area contributed by atoms with E-state index in [-0.39, 0.29) is 29.9 Å². The number of fused-ring (bicyclic) bond motifs is 4. The van der Waals surface area contributed by atoms with Gasteiger partial charge in [-0.2, -0.15) is 8.78 Å². The molecule has 14 heteroatoms. The van der Waals surface area contributed by atoms with E-state index in [1.807, 2.05) is 18.5 Å². The summed E-state index contributed by atoms with van der Waals surface area (Å²) < 4.78 is 40.6. The Labute approximate surface area is 339 Å². The van der Waals surface area contributed by atoms with Crippen molar-refractivity contribution in [2.45, 2.75) is 44.2 Å². The number of hydrogen-bond acceptors (Lipinski definition) is 9. The van der Waals surface area contributed by atoms with Gasteiger partial charge in [-0.3, -0.25) is 24.5 Å². The zero-order valence-electron chi connectivity index (χ0n) is 32.5. The highest BCUT2D eigenvalue weighted by molar-refractivity contribution is 6.07. The lowest BCUT2D eigenvalue weighted by molar-refractivity contribution is -0.126. The molecule has 2 amide bonds. The number of nitrogens with zero attached hydrogens (tertiary/aromatic N) is 6. The number of alkyl halides is 2. The van der Waals surface area contributed by atoms with Gasteiger partial charge >= 0.3 is 5.92 Å². The van der Waals surface area contributed by atoms with Gasteiger partial charge in [0.1, 0.15) is 23.4 Å². The molecule has 0 saturated carbocycles. The number of pyridine rings is 3. The molecule has 0 bridgehead atoms. The van der Waals surface area contributed by atoms with Crippen LogP contribution in [0.1, 0.15) is 40.9 Å². The third-order valence-corrected chi connectivity index (χ3v) is 11.4. The Balaban J connectivity index is 0.691. The highest BCUT2D eigenvalue weighted by Crippen LogP contribution is 2.32. The van der Waals surface area contributed by atoms with Crippen LogP contribution in [0.25, 0.3) is 32.9 Å². The number of piperazine rings is 1. The quantitative estimate of drug-likeness (QED) is 0.130. The number of anilines is 1. The third kappa shape index (κ3) is 8.31. The lowest BCUT2D eigenvalue weighted by Gasteiger charge is -2.35. The van der Waals surface area contributed by atoms with Gasteiger partial charge in [0, 0.05) is 95.6 Å². The molecule has 2 N–H and O–H groups in total. The number of piperidine rings is 1. The molecular formula is C45H44F2N8O4. The molecule has 3 aliphatic heterocycles. The summed E-state index contributed by atoms with van der Waals surface area (Å²) in [7, 11) is 0. The number of carbonyl (C=O) groups is 2. The number of carbonyl (C=O) groups excluding carboxylic acids is 2. The zero-order chi connectivity index (χ0) is 40.5. The van der Waals surface area contributed by atoms with Crippen molar-refractivity contribution in [3.8, 4) is 22.6 Å². The van der Waals surface area contributed by atoms with E-state index in [9.17, 15) is 18.4 Å². The molecule has 0 radical (unpaired) electrons. The summed E-state index contributed by atoms with van der Waals surface area (Å²) in [5.41, 5.74) is 7.14. The van der Waals surface area contributed by atoms with Gasteiger partial charge in [-0.25, -0.2) is 4.98 Å². The SMILES string of the molecule is C=C1CCC(N2Cc3cc(OCC(F)(F)COc4ccc(N5CCN(CCCc6ccc(-c7ccc8c(c7)[nH]c7ccncc78)cn6)CC5)nc4)ccc3C2=O)C(=O)N1. The first-order chi connectivity index (χ1) is 28.7. The highest BCUT2D eigenvalue weighted by atomic mass is 19.3. The van der Waals surface area contributed by atoms with Crippen LogP contribution < -0.4 is 19.7 Å². The van der Waals surface area contributed by atoms with E-state index in [1.54, 1.807) is 30.5 Å². The van der Waals surface area contributed by atoms with Gasteiger partial charge in [-0.05, 0) is 91.9 Å². The number of aryl methyl sites for hydroxylation is 1. The molecule has 2 fully saturated rings. The Morgan fingerprint density at radius 3 is 2.42 bits per heavy atom. The van der Waals surface area contributed by atoms with Gasteiger partial charge in [-0.15, -0.1) is 0 Å². The summed E-state index contributed by atoms with van der Waals surface area (Å²) >= 11 is 0. The highest BCUT2D eigenvalue weighted by Gasteiger charge is 2.38. The van der Waals surface area contributed by atoms with Gasteiger partial charge in [0.25, 0.3) is 5.91 Å². The predicted molar refractivity (Wildman–Crippen MR) is 221 cm³/mol. The number of aromatic amines is 1. The lowest BCUT2D eigenvalue weighted by Crippen LogP contribution is -2.49. The first-order valence-electron chi connectivity index (χ1n) is 20.0. The maximum absolute atomic E-state index is 14.9. The number of halogens is 2. The van der Waals surface area contributed by atoms with E-state index < -0.39 is 25.2 Å². The largest absolute Gasteiger partial charge is 0.487 e. The average Bonchev–Trinajstić information content (AvgIpc) is 3.79. The molecular weight excluding hydrogens is 755 g/mol. The summed E-state index contributed by atoms with van der Waals surface area (Å²) in [5.74, 6) is -2.59. The van der Waals surface area contributed by atoms with Gasteiger partial charge < -0.3 is 29.6 Å². The van der Waals surface area contributed by atoms with E-state index in [4.69, 9.17) is 14.5 Å². The Morgan fingerprint density at radius 1 is 0.831 bits per heavy atom. The smallest absolute Gasteiger partial charge is 0.314 e. The van der Waals surface area contributed by atoms with Crippen LogP contribution in [0, 0.1) is 0 Å². The predicted octanol–water partition coefficient (Wildman–Crippen LogP) is 6.77. The van der Waals surface area contributed by atoms with Crippen LogP contribution in [-0.2, 0) is 17.8 Å². The van der Waals surface area contributed by atoms with Crippen LogP contribution in [0.3, 0.4) is 0 Å². The maximum atomic E-state index is 14.9. The Bertz CT molecular complexity index is 2520. The molecule has 2 saturated heterocycles. The van der Waals surface area contributed by atoms with Crippen molar-refractivity contribution in [3.63, 3.8) is 0 Å². The number of aromatic nitrogens is 4. The zero-order valence-corrected chi connectivity index (χ0v) is 32.5. The molecule has 59 heavy (non-hydrogen) atoms. The first-order valence-corrected chi connectivity index (χ1v) is 20.0. The molecule has 302 valence electrons. The van der Waals surface area contributed by atoms with Crippen molar-refractivity contribution in [2.75, 3.05) is 50.8 Å². The van der Waals surface area contributed by atoms with Gasteiger partial charge in [0.05, 0.1) is 6.20 Å². The molecule has 4 aromatic heterocycles. The van der Waals surface area contributed by atoms with E-state index >= 15 is 0 Å². The van der Waals surface area contributed by atoms with E-state index in [0.717, 1.165) is 90.0 Å². The van der Waals surface area contributed by atoms with Crippen LogP contribution in [-0.4, -0.2) is 99.5 Å². The van der Waals surface area contributed by atoms with Crippen molar-refractivity contribution >= 4 is 39.4 Å². The summed E-state index contributed by atoms with van der Waals surface area (Å²) in [6.07, 6.45) is 10.1. The summed E-state index contributed by atoms with van der Waals surface area (Å²) in [6.45, 7) is 6.60. The second-order valence-electron chi connectivity index (χ2n) is 15.5. The standard InChI is InChI=1S/C45H44F2N8O4/c1-29-4-12-41(43(56)51-29)55-26-32-21-34(8-11-36(32)44(55)57)58-27-45(46,47)28-59-35-9-13-42(50-24-35)54-19-17-53(18-20-54)16-2-3-33-7-5-31(23-49-33)30-6-10-37-38-25-48-15-14-39(38)52-40(37)22-30/h5-11,13-15,21-25,41,52H,1-4,12,16-20,26-28H2,(H,51,56). The Kier molecular flexibility index (Phi) is 10.4. The maximum Gasteiger partial charge on any atom is 0.314 e. The number of nitrogens with one attached hydrogen (secondary N) is 2. The van der Waals surface area contributed by atoms with Crippen molar-refractivity contribution in [2.24, 2.45) is 0 Å². The summed E-state index contributed by atoms with van der Waals surface area (Å²) in [5, 5.41) is 4.99. The van der Waals surface area contributed by atoms with E-state index in [0.29, 0.717) is 29.7 Å². The lowest BCUT2D eigenvalue weighted by atomic mass is 10.0. The Hall–Kier alpha value is -6.41. The van der Waals surface area contributed by atoms with Crippen LogP contribution in [0.15, 0.2) is 104 Å². The molecule has 0 aliphatic carbocycles. The number of ether oxygens (including phenoxy) is 2. The third-order valence-electron chi connectivity index (χ3n) is 11.4. The summed E-state index contributed by atoms with van der Waals surface area (Å²) in [4.78, 5) is 48.6. The fourth-order valence-electron chi connectivity index (χ4n) is 8.14. The number of benzene rings is 2. The van der Waals surface area contributed by atoms with Gasteiger partial charge in [-0.1, -0.05) is 24.8 Å². The van der Waals surface area contributed by atoms with Gasteiger partial charge in [0.2, 0.25) is 5.91 Å². The second kappa shape index (κ2) is 16.1. The van der Waals surface area contributed by atoms with Crippen LogP contribution in [0.4, 0.5) is 14.6 Å².